The van der Waals surface area contributed by atoms with Crippen molar-refractivity contribution in [2.45, 2.75) is 78.6 Å². The fourth-order valence-electron chi connectivity index (χ4n) is 3.15. The maximum absolute atomic E-state index is 12.7. The number of hydrogen-bond donors (Lipinski definition) is 0. The van der Waals surface area contributed by atoms with Gasteiger partial charge in [0.2, 0.25) is 0 Å². The van der Waals surface area contributed by atoms with Crippen LogP contribution in [0.4, 0.5) is 0 Å². The average Bonchev–Trinajstić information content (AvgIpc) is 2.81. The summed E-state index contributed by atoms with van der Waals surface area (Å²) in [6, 6.07) is 7.18. The first kappa shape index (κ1) is 26.2. The van der Waals surface area contributed by atoms with Gasteiger partial charge in [0.15, 0.2) is 0 Å². The van der Waals surface area contributed by atoms with Gasteiger partial charge >= 0.3 is 17.2 Å². The van der Waals surface area contributed by atoms with Crippen LogP contribution in [0.3, 0.4) is 0 Å². The van der Waals surface area contributed by atoms with Gasteiger partial charge < -0.3 is 14.2 Å². The highest BCUT2D eigenvalue weighted by Crippen LogP contribution is 2.15. The summed E-state index contributed by atoms with van der Waals surface area (Å²) in [6.07, 6.45) is 5.14. The maximum atomic E-state index is 12.7. The second kappa shape index (κ2) is 13.4. The number of rotatable bonds is 14. The molecule has 1 atom stereocenters. The summed E-state index contributed by atoms with van der Waals surface area (Å²) in [4.78, 5) is 36.3. The largest absolute Gasteiger partial charge is 0.487 e. The molecule has 0 N–H and O–H groups in total. The van der Waals surface area contributed by atoms with Gasteiger partial charge in [0.05, 0.1) is 0 Å². The van der Waals surface area contributed by atoms with Gasteiger partial charge in [0, 0.05) is 20.0 Å². The van der Waals surface area contributed by atoms with Crippen LogP contribution in [0.2, 0.25) is 0 Å². The first-order valence-corrected chi connectivity index (χ1v) is 11.6. The number of hydrogen-bond acceptors (Lipinski definition) is 7. The predicted octanol–water partition coefficient (Wildman–Crippen LogP) is 3.21. The molecule has 0 aliphatic heterocycles. The second-order valence-electron chi connectivity index (χ2n) is 7.98. The molecule has 0 radical (unpaired) electrons. The number of unbranched alkanes of at least 4 members (excludes halogenated alkanes) is 4. The third-order valence-corrected chi connectivity index (χ3v) is 5.07. The Labute approximate surface area is 194 Å². The van der Waals surface area contributed by atoms with Crippen molar-refractivity contribution in [1.29, 1.82) is 0 Å². The van der Waals surface area contributed by atoms with E-state index in [4.69, 9.17) is 14.2 Å². The highest BCUT2D eigenvalue weighted by molar-refractivity contribution is 5.68. The minimum Gasteiger partial charge on any atom is -0.487 e. The Balaban J connectivity index is 1.95. The van der Waals surface area contributed by atoms with E-state index < -0.39 is 11.2 Å². The van der Waals surface area contributed by atoms with Crippen LogP contribution >= 0.6 is 0 Å². The Kier molecular flexibility index (Phi) is 10.7. The molecule has 0 aliphatic rings. The Bertz CT molecular complexity index is 997. The van der Waals surface area contributed by atoms with Gasteiger partial charge in [-0.2, -0.15) is 0 Å². The van der Waals surface area contributed by atoms with E-state index in [9.17, 15) is 14.4 Å². The number of carbonyl (C=O) groups excluding carboxylic acids is 1. The van der Waals surface area contributed by atoms with E-state index in [1.54, 1.807) is 19.1 Å². The molecule has 0 aliphatic carbocycles. The summed E-state index contributed by atoms with van der Waals surface area (Å²) >= 11 is 0. The van der Waals surface area contributed by atoms with Crippen molar-refractivity contribution in [2.75, 3.05) is 6.61 Å². The van der Waals surface area contributed by atoms with Gasteiger partial charge in [-0.15, -0.1) is 5.10 Å². The van der Waals surface area contributed by atoms with E-state index in [0.717, 1.165) is 42.3 Å². The van der Waals surface area contributed by atoms with E-state index in [2.05, 4.69) is 12.0 Å². The molecule has 0 bridgehead atoms. The molecular formula is C24H35N3O6. The fourth-order valence-corrected chi connectivity index (χ4v) is 3.15. The van der Waals surface area contributed by atoms with E-state index >= 15 is 0 Å². The van der Waals surface area contributed by atoms with Crippen LogP contribution < -0.4 is 20.7 Å². The van der Waals surface area contributed by atoms with Gasteiger partial charge in [-0.05, 0) is 31.0 Å². The van der Waals surface area contributed by atoms with Gasteiger partial charge in [-0.1, -0.05) is 51.7 Å². The summed E-state index contributed by atoms with van der Waals surface area (Å²) in [5.41, 5.74) is -0.138. The lowest BCUT2D eigenvalue weighted by Gasteiger charge is -2.15. The van der Waals surface area contributed by atoms with Gasteiger partial charge in [-0.25, -0.2) is 9.48 Å². The molecule has 0 amide bonds. The van der Waals surface area contributed by atoms with Crippen molar-refractivity contribution in [3.05, 3.63) is 50.7 Å². The molecule has 33 heavy (non-hydrogen) atoms. The summed E-state index contributed by atoms with van der Waals surface area (Å²) in [7, 11) is 1.51. The maximum Gasteiger partial charge on any atom is 0.347 e. The van der Waals surface area contributed by atoms with Crippen molar-refractivity contribution in [3.8, 4) is 11.6 Å². The molecule has 2 rings (SSSR count). The number of esters is 1. The molecule has 9 heteroatoms. The number of nitrogens with zero attached hydrogens (tertiary/aromatic N) is 3. The van der Waals surface area contributed by atoms with E-state index in [1.807, 2.05) is 19.1 Å². The minimum atomic E-state index is -0.510. The van der Waals surface area contributed by atoms with E-state index in [0.29, 0.717) is 18.7 Å². The van der Waals surface area contributed by atoms with Crippen LogP contribution in [0, 0.1) is 0 Å². The average molecular weight is 462 g/mol. The number of carbonyl (C=O) groups is 1. The second-order valence-corrected chi connectivity index (χ2v) is 7.98. The van der Waals surface area contributed by atoms with E-state index in [1.165, 1.54) is 11.6 Å². The molecule has 2 aromatic rings. The molecule has 9 nitrogen and oxygen atoms in total. The van der Waals surface area contributed by atoms with Crippen LogP contribution in [0.5, 0.6) is 11.6 Å². The summed E-state index contributed by atoms with van der Waals surface area (Å²) in [5, 5.41) is 3.99. The topological polar surface area (TPSA) is 102 Å². The van der Waals surface area contributed by atoms with Crippen LogP contribution in [0.25, 0.3) is 0 Å². The normalized spacial score (nSPS) is 11.8. The van der Waals surface area contributed by atoms with Crippen LogP contribution in [0.1, 0.15) is 64.9 Å². The Morgan fingerprint density at radius 3 is 2.42 bits per heavy atom. The lowest BCUT2D eigenvalue weighted by Crippen LogP contribution is -2.41. The third kappa shape index (κ3) is 8.40. The molecule has 1 unspecified atom stereocenters. The number of aryl methyl sites for hydroxylation is 1. The monoisotopic (exact) mass is 461 g/mol. The minimum absolute atomic E-state index is 0.0997. The molecular weight excluding hydrogens is 426 g/mol. The lowest BCUT2D eigenvalue weighted by molar-refractivity contribution is -0.145. The summed E-state index contributed by atoms with van der Waals surface area (Å²) in [5.74, 6) is 0.266. The Morgan fingerprint density at radius 2 is 1.76 bits per heavy atom. The van der Waals surface area contributed by atoms with Crippen LogP contribution in [0.15, 0.2) is 33.9 Å². The number of ether oxygens (including phenoxy) is 3. The highest BCUT2D eigenvalue weighted by atomic mass is 16.6. The van der Waals surface area contributed by atoms with Crippen LogP contribution in [-0.2, 0) is 29.7 Å². The molecule has 0 spiro atoms. The first-order valence-electron chi connectivity index (χ1n) is 11.6. The Hall–Kier alpha value is -3.10. The van der Waals surface area contributed by atoms with Gasteiger partial charge in [0.1, 0.15) is 25.1 Å². The van der Waals surface area contributed by atoms with Crippen molar-refractivity contribution in [3.63, 3.8) is 0 Å². The van der Waals surface area contributed by atoms with Crippen molar-refractivity contribution in [2.24, 2.45) is 7.05 Å². The van der Waals surface area contributed by atoms with Crippen molar-refractivity contribution >= 4 is 5.97 Å². The predicted molar refractivity (Wildman–Crippen MR) is 125 cm³/mol. The zero-order valence-electron chi connectivity index (χ0n) is 20.0. The molecule has 1 heterocycles. The van der Waals surface area contributed by atoms with Crippen molar-refractivity contribution < 1.29 is 19.0 Å². The van der Waals surface area contributed by atoms with Crippen molar-refractivity contribution in [1.82, 2.24) is 14.3 Å². The fraction of sp³-hybridized carbons (Fsp3) is 0.583. The zero-order valence-corrected chi connectivity index (χ0v) is 20.0. The lowest BCUT2D eigenvalue weighted by atomic mass is 10.1. The standard InChI is InChI=1S/C24H35N3O6/c1-5-7-8-9-10-15-27-23(29)22(25-26(4)24(27)30)32-17-19-11-13-20(14-12-19)33-18(3)16-31-21(28)6-2/h11-14,18H,5-10,15-17H2,1-4H3. The molecule has 0 fully saturated rings. The molecule has 1 aromatic carbocycles. The van der Waals surface area contributed by atoms with E-state index in [-0.39, 0.29) is 31.2 Å². The first-order chi connectivity index (χ1) is 15.8. The molecule has 1 aromatic heterocycles. The molecule has 0 saturated heterocycles. The molecule has 182 valence electrons. The van der Waals surface area contributed by atoms with Gasteiger partial charge in [-0.3, -0.25) is 14.2 Å². The Morgan fingerprint density at radius 1 is 1.06 bits per heavy atom. The SMILES string of the molecule is CCCCCCCn1c(=O)c(OCc2ccc(OC(C)COC(=O)CC)cc2)nn(C)c1=O. The highest BCUT2D eigenvalue weighted by Gasteiger charge is 2.13. The zero-order chi connectivity index (χ0) is 24.2. The number of benzene rings is 1. The van der Waals surface area contributed by atoms with Crippen LogP contribution in [-0.4, -0.2) is 33.0 Å². The third-order valence-electron chi connectivity index (χ3n) is 5.07. The smallest absolute Gasteiger partial charge is 0.347 e. The quantitative estimate of drug-likeness (QED) is 0.314. The number of aromatic nitrogens is 3. The molecule has 0 saturated carbocycles. The van der Waals surface area contributed by atoms with Gasteiger partial charge in [0.25, 0.3) is 5.88 Å². The summed E-state index contributed by atoms with van der Waals surface area (Å²) in [6.45, 7) is 6.36. The summed E-state index contributed by atoms with van der Waals surface area (Å²) < 4.78 is 18.8.